The van der Waals surface area contributed by atoms with Gasteiger partial charge in [-0.15, -0.1) is 0 Å². The summed E-state index contributed by atoms with van der Waals surface area (Å²) in [4.78, 5) is 11.3. The van der Waals surface area contributed by atoms with E-state index < -0.39 is 0 Å². The maximum atomic E-state index is 11.3. The molecule has 5 heteroatoms. The van der Waals surface area contributed by atoms with Gasteiger partial charge in [-0.05, 0) is 36.7 Å². The van der Waals surface area contributed by atoms with Crippen LogP contribution >= 0.6 is 0 Å². The van der Waals surface area contributed by atoms with Crippen LogP contribution < -0.4 is 10.1 Å². The molecular formula is C16H19NO4. The van der Waals surface area contributed by atoms with Crippen LogP contribution in [0.5, 0.6) is 5.75 Å². The Morgan fingerprint density at radius 2 is 2.00 bits per heavy atom. The van der Waals surface area contributed by atoms with Crippen molar-refractivity contribution in [2.75, 3.05) is 20.8 Å². The number of carbonyl (C=O) groups excluding carboxylic acids is 1. The number of benzene rings is 1. The minimum Gasteiger partial charge on any atom is -0.497 e. The van der Waals surface area contributed by atoms with E-state index in [0.29, 0.717) is 17.9 Å². The second-order valence-electron chi connectivity index (χ2n) is 4.57. The number of nitrogens with one attached hydrogen (secondary N) is 1. The van der Waals surface area contributed by atoms with Gasteiger partial charge in [0.15, 0.2) is 0 Å². The lowest BCUT2D eigenvalue weighted by Gasteiger charge is -2.04. The van der Waals surface area contributed by atoms with Crippen molar-refractivity contribution >= 4 is 5.97 Å². The minimum absolute atomic E-state index is 0.386. The maximum absolute atomic E-state index is 11.3. The number of methoxy groups -OCH3 is 2. The molecule has 0 fully saturated rings. The van der Waals surface area contributed by atoms with Crippen molar-refractivity contribution in [3.05, 3.63) is 53.5 Å². The van der Waals surface area contributed by atoms with Gasteiger partial charge in [-0.3, -0.25) is 0 Å². The molecule has 0 aliphatic heterocycles. The molecule has 1 aromatic heterocycles. The summed E-state index contributed by atoms with van der Waals surface area (Å²) in [5, 5.41) is 3.27. The third-order valence-electron chi connectivity index (χ3n) is 3.12. The maximum Gasteiger partial charge on any atom is 0.341 e. The number of hydrogen-bond donors (Lipinski definition) is 1. The van der Waals surface area contributed by atoms with Crippen LogP contribution in [0.4, 0.5) is 0 Å². The van der Waals surface area contributed by atoms with Crippen LogP contribution in [-0.4, -0.2) is 26.7 Å². The van der Waals surface area contributed by atoms with E-state index in [0.717, 1.165) is 18.7 Å². The number of ether oxygens (including phenoxy) is 2. The molecule has 0 atom stereocenters. The zero-order chi connectivity index (χ0) is 15.1. The molecular weight excluding hydrogens is 270 g/mol. The van der Waals surface area contributed by atoms with Gasteiger partial charge in [-0.1, -0.05) is 12.1 Å². The molecule has 1 N–H and O–H groups in total. The number of hydrogen-bond acceptors (Lipinski definition) is 5. The fourth-order valence-corrected chi connectivity index (χ4v) is 1.93. The average Bonchev–Trinajstić information content (AvgIpc) is 3.00. The van der Waals surface area contributed by atoms with Crippen LogP contribution in [0.25, 0.3) is 0 Å². The lowest BCUT2D eigenvalue weighted by Crippen LogP contribution is -2.16. The highest BCUT2D eigenvalue weighted by atomic mass is 16.5. The van der Waals surface area contributed by atoms with Crippen LogP contribution in [0, 0.1) is 0 Å². The fourth-order valence-electron chi connectivity index (χ4n) is 1.93. The molecule has 0 unspecified atom stereocenters. The van der Waals surface area contributed by atoms with Crippen LogP contribution in [-0.2, 0) is 17.7 Å². The standard InChI is InChI=1S/C16H19NO4/c1-19-14-5-3-12(4-6-14)7-8-17-10-15-9-13(11-21-15)16(18)20-2/h3-6,9,11,17H,7-8,10H2,1-2H3. The van der Waals surface area contributed by atoms with Gasteiger partial charge in [-0.2, -0.15) is 0 Å². The third-order valence-corrected chi connectivity index (χ3v) is 3.12. The van der Waals surface area contributed by atoms with Gasteiger partial charge in [0.2, 0.25) is 0 Å². The summed E-state index contributed by atoms with van der Waals surface area (Å²) < 4.78 is 15.0. The van der Waals surface area contributed by atoms with E-state index >= 15 is 0 Å². The molecule has 1 aromatic carbocycles. The first-order chi connectivity index (χ1) is 10.2. The zero-order valence-electron chi connectivity index (χ0n) is 12.2. The van der Waals surface area contributed by atoms with E-state index in [-0.39, 0.29) is 5.97 Å². The van der Waals surface area contributed by atoms with Crippen LogP contribution in [0.3, 0.4) is 0 Å². The van der Waals surface area contributed by atoms with E-state index in [1.807, 2.05) is 24.3 Å². The first-order valence-corrected chi connectivity index (χ1v) is 6.72. The summed E-state index contributed by atoms with van der Waals surface area (Å²) in [6, 6.07) is 9.67. The highest BCUT2D eigenvalue weighted by molar-refractivity contribution is 5.88. The van der Waals surface area contributed by atoms with Crippen molar-refractivity contribution in [2.24, 2.45) is 0 Å². The van der Waals surface area contributed by atoms with Crippen molar-refractivity contribution < 1.29 is 18.7 Å². The molecule has 5 nitrogen and oxygen atoms in total. The Kier molecular flexibility index (Phi) is 5.40. The molecule has 0 aliphatic rings. The van der Waals surface area contributed by atoms with Gasteiger partial charge >= 0.3 is 5.97 Å². The third kappa shape index (κ3) is 4.36. The van der Waals surface area contributed by atoms with Gasteiger partial charge in [0.25, 0.3) is 0 Å². The lowest BCUT2D eigenvalue weighted by atomic mass is 10.1. The van der Waals surface area contributed by atoms with Gasteiger partial charge in [0.1, 0.15) is 17.8 Å². The normalized spacial score (nSPS) is 10.4. The highest BCUT2D eigenvalue weighted by Crippen LogP contribution is 2.12. The summed E-state index contributed by atoms with van der Waals surface area (Å²) in [5.74, 6) is 1.19. The molecule has 2 rings (SSSR count). The van der Waals surface area contributed by atoms with E-state index in [4.69, 9.17) is 9.15 Å². The number of rotatable bonds is 7. The lowest BCUT2D eigenvalue weighted by molar-refractivity contribution is 0.0600. The quantitative estimate of drug-likeness (QED) is 0.626. The highest BCUT2D eigenvalue weighted by Gasteiger charge is 2.09. The zero-order valence-corrected chi connectivity index (χ0v) is 12.2. The monoisotopic (exact) mass is 289 g/mol. The summed E-state index contributed by atoms with van der Waals surface area (Å²) in [7, 11) is 3.00. The van der Waals surface area contributed by atoms with Crippen molar-refractivity contribution in [3.8, 4) is 5.75 Å². The van der Waals surface area contributed by atoms with Crippen molar-refractivity contribution in [1.82, 2.24) is 5.32 Å². The second kappa shape index (κ2) is 7.50. The molecule has 0 radical (unpaired) electrons. The Bertz CT molecular complexity index is 574. The molecule has 0 aliphatic carbocycles. The topological polar surface area (TPSA) is 60.7 Å². The number of furan rings is 1. The van der Waals surface area contributed by atoms with E-state index in [9.17, 15) is 4.79 Å². The molecule has 0 saturated heterocycles. The Balaban J connectivity index is 1.74. The minimum atomic E-state index is -0.386. The Morgan fingerprint density at radius 1 is 1.24 bits per heavy atom. The van der Waals surface area contributed by atoms with E-state index in [1.54, 1.807) is 13.2 Å². The molecule has 0 spiro atoms. The SMILES string of the molecule is COC(=O)c1coc(CNCCc2ccc(OC)cc2)c1. The number of esters is 1. The Labute approximate surface area is 123 Å². The van der Waals surface area contributed by atoms with Gasteiger partial charge in [0.05, 0.1) is 26.3 Å². The van der Waals surface area contributed by atoms with Crippen molar-refractivity contribution in [3.63, 3.8) is 0 Å². The van der Waals surface area contributed by atoms with Gasteiger partial charge < -0.3 is 19.2 Å². The smallest absolute Gasteiger partial charge is 0.341 e. The molecule has 21 heavy (non-hydrogen) atoms. The van der Waals surface area contributed by atoms with Gasteiger partial charge in [-0.25, -0.2) is 4.79 Å². The average molecular weight is 289 g/mol. The number of carbonyl (C=O) groups is 1. The predicted octanol–water partition coefficient (Wildman–Crippen LogP) is 2.41. The molecule has 0 saturated carbocycles. The van der Waals surface area contributed by atoms with Crippen LogP contribution in [0.15, 0.2) is 41.0 Å². The summed E-state index contributed by atoms with van der Waals surface area (Å²) in [6.45, 7) is 1.40. The van der Waals surface area contributed by atoms with Crippen LogP contribution in [0.2, 0.25) is 0 Å². The molecule has 112 valence electrons. The van der Waals surface area contributed by atoms with Gasteiger partial charge in [0, 0.05) is 0 Å². The fraction of sp³-hybridized carbons (Fsp3) is 0.312. The second-order valence-corrected chi connectivity index (χ2v) is 4.57. The first-order valence-electron chi connectivity index (χ1n) is 6.72. The molecule has 0 amide bonds. The Morgan fingerprint density at radius 3 is 2.67 bits per heavy atom. The summed E-state index contributed by atoms with van der Waals surface area (Å²) >= 11 is 0. The molecule has 0 bridgehead atoms. The Hall–Kier alpha value is -2.27. The van der Waals surface area contributed by atoms with E-state index in [2.05, 4.69) is 10.1 Å². The van der Waals surface area contributed by atoms with Crippen LogP contribution in [0.1, 0.15) is 21.7 Å². The molecule has 2 aromatic rings. The summed E-state index contributed by atoms with van der Waals surface area (Å²) in [5.41, 5.74) is 1.67. The van der Waals surface area contributed by atoms with Crippen molar-refractivity contribution in [2.45, 2.75) is 13.0 Å². The van der Waals surface area contributed by atoms with E-state index in [1.165, 1.54) is 18.9 Å². The first kappa shape index (κ1) is 15.1. The van der Waals surface area contributed by atoms with Crippen molar-refractivity contribution in [1.29, 1.82) is 0 Å². The largest absolute Gasteiger partial charge is 0.497 e. The summed E-state index contributed by atoms with van der Waals surface area (Å²) in [6.07, 6.45) is 2.32. The molecule has 1 heterocycles. The predicted molar refractivity (Wildman–Crippen MR) is 78.5 cm³/mol.